The summed E-state index contributed by atoms with van der Waals surface area (Å²) in [6, 6.07) is 13.7. The minimum Gasteiger partial charge on any atom is -0.496 e. The van der Waals surface area contributed by atoms with E-state index in [1.165, 1.54) is 50.8 Å². The zero-order valence-electron chi connectivity index (χ0n) is 16.4. The molecule has 0 spiro atoms. The molecular weight excluding hydrogens is 370 g/mol. The van der Waals surface area contributed by atoms with Crippen LogP contribution in [0.4, 0.5) is 0 Å². The van der Waals surface area contributed by atoms with Gasteiger partial charge in [0, 0.05) is 28.8 Å². The summed E-state index contributed by atoms with van der Waals surface area (Å²) < 4.78 is 5.60. The Hall–Kier alpha value is -1.10. The molecule has 2 aromatic rings. The van der Waals surface area contributed by atoms with Gasteiger partial charge in [0.05, 0.1) is 7.11 Å². The van der Waals surface area contributed by atoms with Gasteiger partial charge in [0.15, 0.2) is 0 Å². The minimum atomic E-state index is 0.630. The highest BCUT2D eigenvalue weighted by Crippen LogP contribution is 2.37. The highest BCUT2D eigenvalue weighted by atomic mass is 32.2. The number of thioether (sulfide) groups is 2. The normalized spacial score (nSPS) is 18.9. The van der Waals surface area contributed by atoms with Crippen LogP contribution in [0.1, 0.15) is 41.0 Å². The third kappa shape index (κ3) is 4.49. The van der Waals surface area contributed by atoms with E-state index in [1.54, 1.807) is 7.11 Å². The lowest BCUT2D eigenvalue weighted by Gasteiger charge is -2.30. The molecule has 2 aliphatic rings. The number of nitrogens with zero attached hydrogens (tertiary/aromatic N) is 1. The molecule has 144 valence electrons. The van der Waals surface area contributed by atoms with Crippen LogP contribution in [-0.2, 0) is 18.6 Å². The first-order chi connectivity index (χ1) is 13.2. The van der Waals surface area contributed by atoms with Crippen LogP contribution in [0, 0.1) is 0 Å². The smallest absolute Gasteiger partial charge is 0.122 e. The Morgan fingerprint density at radius 2 is 2.15 bits per heavy atom. The van der Waals surface area contributed by atoms with Gasteiger partial charge in [-0.3, -0.25) is 0 Å². The summed E-state index contributed by atoms with van der Waals surface area (Å²) >= 11 is 4.02. The Morgan fingerprint density at radius 3 is 3.04 bits per heavy atom. The maximum atomic E-state index is 5.60. The molecule has 0 saturated heterocycles. The van der Waals surface area contributed by atoms with Crippen LogP contribution in [0.3, 0.4) is 0 Å². The van der Waals surface area contributed by atoms with Crippen LogP contribution in [0.15, 0.2) is 41.3 Å². The Bertz CT molecular complexity index is 792. The average molecular weight is 400 g/mol. The van der Waals surface area contributed by atoms with Gasteiger partial charge < -0.3 is 9.64 Å². The van der Waals surface area contributed by atoms with Gasteiger partial charge in [-0.15, -0.1) is 23.5 Å². The third-order valence-corrected chi connectivity index (χ3v) is 8.17. The number of hydrogen-bond donors (Lipinski definition) is 0. The quantitative estimate of drug-likeness (QED) is 0.628. The van der Waals surface area contributed by atoms with E-state index >= 15 is 0 Å². The average Bonchev–Trinajstić information content (AvgIpc) is 2.72. The molecule has 27 heavy (non-hydrogen) atoms. The Balaban J connectivity index is 1.37. The van der Waals surface area contributed by atoms with Crippen LogP contribution in [0.25, 0.3) is 0 Å². The largest absolute Gasteiger partial charge is 0.496 e. The molecule has 1 atom stereocenters. The van der Waals surface area contributed by atoms with Gasteiger partial charge in [-0.1, -0.05) is 24.3 Å². The van der Waals surface area contributed by atoms with E-state index < -0.39 is 0 Å². The molecule has 4 heteroatoms. The molecule has 0 fully saturated rings. The molecule has 2 aromatic carbocycles. The summed E-state index contributed by atoms with van der Waals surface area (Å²) in [6.45, 7) is 2.26. The van der Waals surface area contributed by atoms with Crippen molar-refractivity contribution in [2.24, 2.45) is 0 Å². The van der Waals surface area contributed by atoms with Crippen LogP contribution in [0.5, 0.6) is 5.75 Å². The van der Waals surface area contributed by atoms with Crippen LogP contribution < -0.4 is 4.74 Å². The van der Waals surface area contributed by atoms with E-state index in [2.05, 4.69) is 48.3 Å². The fourth-order valence-corrected chi connectivity index (χ4v) is 6.59. The molecule has 0 radical (unpaired) electrons. The lowest BCUT2D eigenvalue weighted by atomic mass is 9.82. The van der Waals surface area contributed by atoms with Crippen molar-refractivity contribution in [3.63, 3.8) is 0 Å². The maximum absolute atomic E-state index is 5.60. The van der Waals surface area contributed by atoms with Gasteiger partial charge in [0.25, 0.3) is 0 Å². The van der Waals surface area contributed by atoms with E-state index in [0.29, 0.717) is 5.92 Å². The van der Waals surface area contributed by atoms with Crippen LogP contribution in [0.2, 0.25) is 0 Å². The van der Waals surface area contributed by atoms with Crippen molar-refractivity contribution in [3.05, 3.63) is 58.7 Å². The summed E-state index contributed by atoms with van der Waals surface area (Å²) in [6.07, 6.45) is 4.85. The monoisotopic (exact) mass is 399 g/mol. The molecule has 1 heterocycles. The van der Waals surface area contributed by atoms with Crippen molar-refractivity contribution in [1.29, 1.82) is 0 Å². The number of likely N-dealkylation sites (N-methyl/N-ethyl adjacent to an activating group) is 1. The Morgan fingerprint density at radius 1 is 1.22 bits per heavy atom. The van der Waals surface area contributed by atoms with Crippen LogP contribution in [-0.4, -0.2) is 37.2 Å². The predicted octanol–water partition coefficient (Wildman–Crippen LogP) is 5.59. The number of fused-ring (bicyclic) bond motifs is 2. The number of ether oxygens (including phenoxy) is 1. The molecule has 2 nitrogen and oxygen atoms in total. The highest BCUT2D eigenvalue weighted by Gasteiger charge is 2.23. The first-order valence-corrected chi connectivity index (χ1v) is 12.1. The first kappa shape index (κ1) is 19.2. The molecule has 1 unspecified atom stereocenters. The van der Waals surface area contributed by atoms with Gasteiger partial charge in [-0.05, 0) is 73.0 Å². The highest BCUT2D eigenvalue weighted by molar-refractivity contribution is 8.16. The lowest BCUT2D eigenvalue weighted by Crippen LogP contribution is -2.28. The Labute approximate surface area is 172 Å². The van der Waals surface area contributed by atoms with Crippen molar-refractivity contribution in [2.75, 3.05) is 32.3 Å². The zero-order chi connectivity index (χ0) is 18.6. The van der Waals surface area contributed by atoms with Crippen molar-refractivity contribution in [1.82, 2.24) is 4.90 Å². The van der Waals surface area contributed by atoms with E-state index in [4.69, 9.17) is 4.74 Å². The van der Waals surface area contributed by atoms with Gasteiger partial charge in [-0.25, -0.2) is 0 Å². The number of rotatable bonds is 6. The fourth-order valence-electron chi connectivity index (χ4n) is 4.38. The van der Waals surface area contributed by atoms with Crippen LogP contribution >= 0.6 is 23.5 Å². The molecule has 0 bridgehead atoms. The second-order valence-electron chi connectivity index (χ2n) is 7.68. The summed E-state index contributed by atoms with van der Waals surface area (Å²) in [7, 11) is 4.07. The summed E-state index contributed by atoms with van der Waals surface area (Å²) in [4.78, 5) is 4.00. The van der Waals surface area contributed by atoms with Gasteiger partial charge in [0.1, 0.15) is 5.75 Å². The third-order valence-electron chi connectivity index (χ3n) is 5.80. The molecule has 1 aliphatic carbocycles. The standard InChI is InChI=1S/C23H29NOS2/c1-24(12-11-17-9-10-23-19(13-17)15-26-16-27-23)14-18-5-3-7-21-20(18)6-4-8-22(21)25-2/h4,6,8-10,13,18H,3,5,7,11-12,14-16H2,1-2H3. The lowest BCUT2D eigenvalue weighted by molar-refractivity contribution is 0.299. The van der Waals surface area contributed by atoms with Crippen molar-refractivity contribution in [3.8, 4) is 5.75 Å². The molecular formula is C23H29NOS2. The maximum Gasteiger partial charge on any atom is 0.122 e. The summed E-state index contributed by atoms with van der Waals surface area (Å²) in [5.41, 5.74) is 5.96. The molecule has 0 saturated carbocycles. The van der Waals surface area contributed by atoms with E-state index in [0.717, 1.165) is 31.7 Å². The number of benzene rings is 2. The van der Waals surface area contributed by atoms with Gasteiger partial charge >= 0.3 is 0 Å². The van der Waals surface area contributed by atoms with Gasteiger partial charge in [0.2, 0.25) is 0 Å². The van der Waals surface area contributed by atoms with E-state index in [-0.39, 0.29) is 0 Å². The number of hydrogen-bond acceptors (Lipinski definition) is 4. The molecule has 4 rings (SSSR count). The molecule has 1 aliphatic heterocycles. The summed E-state index contributed by atoms with van der Waals surface area (Å²) in [5.74, 6) is 2.88. The molecule has 0 amide bonds. The minimum absolute atomic E-state index is 0.630. The SMILES string of the molecule is COc1cccc2c1CCCC2CN(C)CCc1ccc2c(c1)CSCS2. The second kappa shape index (κ2) is 8.93. The van der Waals surface area contributed by atoms with E-state index in [1.807, 2.05) is 23.5 Å². The Kier molecular flexibility index (Phi) is 6.36. The molecule has 0 aromatic heterocycles. The molecule has 0 N–H and O–H groups in total. The summed E-state index contributed by atoms with van der Waals surface area (Å²) in [5, 5.41) is 1.20. The van der Waals surface area contributed by atoms with Gasteiger partial charge in [-0.2, -0.15) is 0 Å². The van der Waals surface area contributed by atoms with E-state index in [9.17, 15) is 0 Å². The topological polar surface area (TPSA) is 12.5 Å². The predicted molar refractivity (Wildman–Crippen MR) is 118 cm³/mol. The van der Waals surface area contributed by atoms with Crippen molar-refractivity contribution < 1.29 is 4.74 Å². The number of methoxy groups -OCH3 is 1. The zero-order valence-corrected chi connectivity index (χ0v) is 18.0. The first-order valence-electron chi connectivity index (χ1n) is 9.91. The van der Waals surface area contributed by atoms with Crippen molar-refractivity contribution >= 4 is 23.5 Å². The van der Waals surface area contributed by atoms with Crippen molar-refractivity contribution in [2.45, 2.75) is 42.2 Å². The second-order valence-corrected chi connectivity index (χ2v) is 10.1. The fraction of sp³-hybridized carbons (Fsp3) is 0.478.